The van der Waals surface area contributed by atoms with Crippen molar-refractivity contribution in [2.75, 3.05) is 26.2 Å². The Morgan fingerprint density at radius 3 is 2.71 bits per heavy atom. The summed E-state index contributed by atoms with van der Waals surface area (Å²) in [4.78, 5) is 14.3. The van der Waals surface area contributed by atoms with Crippen molar-refractivity contribution in [2.45, 2.75) is 25.0 Å². The molecule has 31 heavy (non-hydrogen) atoms. The van der Waals surface area contributed by atoms with Crippen molar-refractivity contribution in [3.63, 3.8) is 0 Å². The standard InChI is InChI=1S/C23H28N4O3S/c28-22(26-15-19-6-9-24-13-20(19)16-26)25-14-21-12-23(21)7-10-27(11-8-23)31(29,30)17-18-4-2-1-3-5-18/h1-6,9,13,15,21,24H,7-8,10-12,14,16-17H2,(H,25,28). The Morgan fingerprint density at radius 2 is 1.97 bits per heavy atom. The van der Waals surface area contributed by atoms with E-state index in [-0.39, 0.29) is 17.2 Å². The van der Waals surface area contributed by atoms with Crippen LogP contribution in [0.3, 0.4) is 0 Å². The minimum atomic E-state index is -3.29. The van der Waals surface area contributed by atoms with E-state index in [0.29, 0.717) is 32.1 Å². The molecule has 8 heteroatoms. The molecule has 1 saturated carbocycles. The van der Waals surface area contributed by atoms with Crippen LogP contribution in [-0.4, -0.2) is 49.8 Å². The molecule has 3 aliphatic heterocycles. The van der Waals surface area contributed by atoms with Crippen molar-refractivity contribution >= 4 is 16.1 Å². The van der Waals surface area contributed by atoms with E-state index < -0.39 is 10.0 Å². The molecule has 3 heterocycles. The molecular formula is C23H28N4O3S. The molecule has 7 nitrogen and oxygen atoms in total. The predicted octanol–water partition coefficient (Wildman–Crippen LogP) is 2.53. The molecule has 0 aromatic heterocycles. The average molecular weight is 441 g/mol. The fourth-order valence-electron chi connectivity index (χ4n) is 5.00. The molecule has 4 aliphatic rings. The molecule has 5 rings (SSSR count). The van der Waals surface area contributed by atoms with Crippen LogP contribution >= 0.6 is 0 Å². The number of hydrogen-bond donors (Lipinski definition) is 2. The van der Waals surface area contributed by atoms with Crippen LogP contribution in [0, 0.1) is 11.3 Å². The molecule has 1 aliphatic carbocycles. The van der Waals surface area contributed by atoms with Gasteiger partial charge in [0, 0.05) is 38.2 Å². The summed E-state index contributed by atoms with van der Waals surface area (Å²) in [5, 5.41) is 6.13. The van der Waals surface area contributed by atoms with Gasteiger partial charge in [-0.3, -0.25) is 4.90 Å². The zero-order valence-electron chi connectivity index (χ0n) is 17.5. The Kier molecular flexibility index (Phi) is 5.14. The molecule has 2 amide bonds. The number of fused-ring (bicyclic) bond motifs is 1. The van der Waals surface area contributed by atoms with Gasteiger partial charge < -0.3 is 10.6 Å². The minimum Gasteiger partial charge on any atom is -0.367 e. The number of benzene rings is 1. The summed E-state index contributed by atoms with van der Waals surface area (Å²) < 4.78 is 27.2. The van der Waals surface area contributed by atoms with Crippen molar-refractivity contribution in [3.8, 4) is 0 Å². The monoisotopic (exact) mass is 440 g/mol. The Hall–Kier alpha value is -2.58. The number of piperidine rings is 1. The highest BCUT2D eigenvalue weighted by atomic mass is 32.2. The Bertz CT molecular complexity index is 1050. The maximum Gasteiger partial charge on any atom is 0.321 e. The number of nitrogens with one attached hydrogen (secondary N) is 2. The van der Waals surface area contributed by atoms with E-state index in [1.165, 1.54) is 0 Å². The molecule has 1 saturated heterocycles. The Morgan fingerprint density at radius 1 is 1.19 bits per heavy atom. The number of carbonyl (C=O) groups is 1. The van der Waals surface area contributed by atoms with Gasteiger partial charge in [0.2, 0.25) is 10.0 Å². The third-order valence-electron chi connectivity index (χ3n) is 7.05. The fourth-order valence-corrected chi connectivity index (χ4v) is 6.53. The van der Waals surface area contributed by atoms with Crippen LogP contribution in [-0.2, 0) is 15.8 Å². The third kappa shape index (κ3) is 4.14. The first kappa shape index (κ1) is 20.3. The van der Waals surface area contributed by atoms with Gasteiger partial charge in [-0.1, -0.05) is 30.3 Å². The summed E-state index contributed by atoms with van der Waals surface area (Å²) in [7, 11) is -3.29. The van der Waals surface area contributed by atoms with Gasteiger partial charge in [-0.25, -0.2) is 17.5 Å². The SMILES string of the molecule is O=C(NCC1CC12CCN(S(=O)(=O)Cc1ccccc1)CC2)N1C=C2C=CNC=C2C1. The van der Waals surface area contributed by atoms with Crippen LogP contribution in [0.5, 0.6) is 0 Å². The number of allylic oxidation sites excluding steroid dienone is 1. The molecule has 2 N–H and O–H groups in total. The molecule has 164 valence electrons. The van der Waals surface area contributed by atoms with E-state index >= 15 is 0 Å². The molecule has 0 radical (unpaired) electrons. The molecule has 2 fully saturated rings. The molecular weight excluding hydrogens is 412 g/mol. The van der Waals surface area contributed by atoms with Gasteiger partial charge in [0.25, 0.3) is 0 Å². The van der Waals surface area contributed by atoms with Gasteiger partial charge in [0.05, 0.1) is 12.3 Å². The number of sulfonamides is 1. The van der Waals surface area contributed by atoms with Crippen molar-refractivity contribution < 1.29 is 13.2 Å². The molecule has 1 atom stereocenters. The number of carbonyl (C=O) groups excluding carboxylic acids is 1. The molecule has 1 aromatic carbocycles. The highest BCUT2D eigenvalue weighted by Gasteiger charge is 2.55. The fraction of sp³-hybridized carbons (Fsp3) is 0.435. The number of rotatable bonds is 5. The van der Waals surface area contributed by atoms with Crippen molar-refractivity contribution in [1.29, 1.82) is 0 Å². The second-order valence-electron chi connectivity index (χ2n) is 8.97. The quantitative estimate of drug-likeness (QED) is 0.737. The predicted molar refractivity (Wildman–Crippen MR) is 119 cm³/mol. The molecule has 1 unspecified atom stereocenters. The van der Waals surface area contributed by atoms with Gasteiger partial charge in [0.1, 0.15) is 0 Å². The summed E-state index contributed by atoms with van der Waals surface area (Å²) >= 11 is 0. The lowest BCUT2D eigenvalue weighted by molar-refractivity contribution is 0.215. The summed E-state index contributed by atoms with van der Waals surface area (Å²) in [5.41, 5.74) is 3.21. The smallest absolute Gasteiger partial charge is 0.321 e. The summed E-state index contributed by atoms with van der Waals surface area (Å²) in [6, 6.07) is 9.29. The average Bonchev–Trinajstić information content (AvgIpc) is 3.24. The van der Waals surface area contributed by atoms with Gasteiger partial charge in [0.15, 0.2) is 0 Å². The van der Waals surface area contributed by atoms with Crippen molar-refractivity contribution in [3.05, 3.63) is 71.7 Å². The lowest BCUT2D eigenvalue weighted by atomic mass is 9.92. The first-order valence-corrected chi connectivity index (χ1v) is 12.5. The molecule has 0 bridgehead atoms. The van der Waals surface area contributed by atoms with Gasteiger partial charge >= 0.3 is 6.03 Å². The summed E-state index contributed by atoms with van der Waals surface area (Å²) in [5.74, 6) is 0.501. The zero-order chi connectivity index (χ0) is 21.5. The van der Waals surface area contributed by atoms with E-state index in [0.717, 1.165) is 36.0 Å². The minimum absolute atomic E-state index is 0.0623. The van der Waals surface area contributed by atoms with E-state index in [9.17, 15) is 13.2 Å². The van der Waals surface area contributed by atoms with E-state index in [2.05, 4.69) is 10.6 Å². The number of amides is 2. The summed E-state index contributed by atoms with van der Waals surface area (Å²) in [6.07, 6.45) is 10.5. The first-order valence-electron chi connectivity index (χ1n) is 10.9. The molecule has 1 spiro atoms. The number of dihydropyridines is 1. The first-order chi connectivity index (χ1) is 15.0. The van der Waals surface area contributed by atoms with Gasteiger partial charge in [-0.15, -0.1) is 0 Å². The van der Waals surface area contributed by atoms with Crippen LogP contribution in [0.4, 0.5) is 4.79 Å². The van der Waals surface area contributed by atoms with Crippen LogP contribution in [0.25, 0.3) is 0 Å². The maximum absolute atomic E-state index is 12.8. The number of hydrogen-bond acceptors (Lipinski definition) is 4. The Balaban J connectivity index is 1.10. The molecule has 1 aromatic rings. The van der Waals surface area contributed by atoms with E-state index in [1.54, 1.807) is 9.21 Å². The Labute approximate surface area is 183 Å². The van der Waals surface area contributed by atoms with Crippen molar-refractivity contribution in [2.24, 2.45) is 11.3 Å². The second kappa shape index (κ2) is 7.84. The summed E-state index contributed by atoms with van der Waals surface area (Å²) in [6.45, 7) is 2.39. The number of urea groups is 1. The topological polar surface area (TPSA) is 81.8 Å². The van der Waals surface area contributed by atoms with Crippen LogP contribution in [0.1, 0.15) is 24.8 Å². The lowest BCUT2D eigenvalue weighted by Crippen LogP contribution is -2.41. The lowest BCUT2D eigenvalue weighted by Gasteiger charge is -2.32. The second-order valence-corrected chi connectivity index (χ2v) is 10.9. The van der Waals surface area contributed by atoms with E-state index in [4.69, 9.17) is 0 Å². The zero-order valence-corrected chi connectivity index (χ0v) is 18.3. The van der Waals surface area contributed by atoms with Gasteiger partial charge in [-0.2, -0.15) is 0 Å². The third-order valence-corrected chi connectivity index (χ3v) is 8.90. The normalized spacial score (nSPS) is 24.3. The maximum atomic E-state index is 12.8. The highest BCUT2D eigenvalue weighted by Crippen LogP contribution is 2.59. The van der Waals surface area contributed by atoms with Crippen LogP contribution < -0.4 is 10.6 Å². The van der Waals surface area contributed by atoms with Crippen molar-refractivity contribution in [1.82, 2.24) is 19.8 Å². The van der Waals surface area contributed by atoms with Gasteiger partial charge in [-0.05, 0) is 53.4 Å². The van der Waals surface area contributed by atoms with Crippen LogP contribution in [0.15, 0.2) is 66.2 Å². The van der Waals surface area contributed by atoms with Crippen LogP contribution in [0.2, 0.25) is 0 Å². The number of nitrogens with zero attached hydrogens (tertiary/aromatic N) is 2. The highest BCUT2D eigenvalue weighted by molar-refractivity contribution is 7.88. The van der Waals surface area contributed by atoms with E-state index in [1.807, 2.05) is 55.0 Å². The largest absolute Gasteiger partial charge is 0.367 e.